The molecule has 2 aliphatic heterocycles. The van der Waals surface area contributed by atoms with Crippen LogP contribution in [0.1, 0.15) is 41.6 Å². The molecule has 2 aliphatic rings. The third-order valence-electron chi connectivity index (χ3n) is 5.03. The number of ether oxygens (including phenoxy) is 2. The van der Waals surface area contributed by atoms with Crippen molar-refractivity contribution in [2.45, 2.75) is 25.6 Å². The van der Waals surface area contributed by atoms with Crippen LogP contribution in [0.4, 0.5) is 0 Å². The standard InChI is InChI=1S/C22H19ClN2O2S/c1-2-26-16-8-5-14(6-9-16)22-25-19(13-18(24-25)21-4-3-11-28-21)17-12-15(23)7-10-20(17)27-22/h3-12,19,22H,2,13H2,1H3/t19-,22-/m0/s1. The summed E-state index contributed by atoms with van der Waals surface area (Å²) in [5.41, 5.74) is 3.22. The maximum atomic E-state index is 6.38. The minimum atomic E-state index is -0.285. The lowest BCUT2D eigenvalue weighted by Crippen LogP contribution is -2.33. The molecule has 0 saturated carbocycles. The highest BCUT2D eigenvalue weighted by molar-refractivity contribution is 7.12. The number of thiophene rings is 1. The lowest BCUT2D eigenvalue weighted by atomic mass is 9.97. The van der Waals surface area contributed by atoms with Crippen molar-refractivity contribution >= 4 is 28.6 Å². The van der Waals surface area contributed by atoms with Gasteiger partial charge in [0.1, 0.15) is 11.5 Å². The van der Waals surface area contributed by atoms with Crippen LogP contribution in [0, 0.1) is 0 Å². The molecule has 3 heterocycles. The van der Waals surface area contributed by atoms with Gasteiger partial charge in [-0.1, -0.05) is 17.7 Å². The Bertz CT molecular complexity index is 1020. The molecular weight excluding hydrogens is 392 g/mol. The van der Waals surface area contributed by atoms with Crippen LogP contribution in [-0.4, -0.2) is 17.3 Å². The molecule has 1 aromatic heterocycles. The molecule has 2 atom stereocenters. The van der Waals surface area contributed by atoms with Crippen molar-refractivity contribution in [3.8, 4) is 11.5 Å². The van der Waals surface area contributed by atoms with E-state index in [-0.39, 0.29) is 12.3 Å². The lowest BCUT2D eigenvalue weighted by molar-refractivity contribution is -0.0190. The zero-order valence-electron chi connectivity index (χ0n) is 15.3. The van der Waals surface area contributed by atoms with E-state index in [1.54, 1.807) is 11.3 Å². The molecule has 6 heteroatoms. The summed E-state index contributed by atoms with van der Waals surface area (Å²) < 4.78 is 12.0. The molecule has 2 aromatic carbocycles. The minimum Gasteiger partial charge on any atom is -0.494 e. The molecule has 28 heavy (non-hydrogen) atoms. The van der Waals surface area contributed by atoms with Gasteiger partial charge in [0.2, 0.25) is 6.23 Å². The molecule has 0 radical (unpaired) electrons. The van der Waals surface area contributed by atoms with E-state index >= 15 is 0 Å². The normalized spacial score (nSPS) is 20.2. The number of nitrogens with zero attached hydrogens (tertiary/aromatic N) is 2. The van der Waals surface area contributed by atoms with E-state index in [9.17, 15) is 0 Å². The Kier molecular flexibility index (Phi) is 4.49. The first-order chi connectivity index (χ1) is 13.7. The molecule has 0 unspecified atom stereocenters. The molecule has 0 saturated heterocycles. The summed E-state index contributed by atoms with van der Waals surface area (Å²) in [5, 5.41) is 9.83. The van der Waals surface area contributed by atoms with E-state index in [0.717, 1.165) is 34.8 Å². The Hall–Kier alpha value is -2.50. The second kappa shape index (κ2) is 7.15. The van der Waals surface area contributed by atoms with Gasteiger partial charge in [0.05, 0.1) is 23.2 Å². The first-order valence-electron chi connectivity index (χ1n) is 9.31. The van der Waals surface area contributed by atoms with Crippen LogP contribution in [0.15, 0.2) is 65.1 Å². The molecule has 4 nitrogen and oxygen atoms in total. The van der Waals surface area contributed by atoms with E-state index in [0.29, 0.717) is 11.6 Å². The summed E-state index contributed by atoms with van der Waals surface area (Å²) in [5.74, 6) is 1.72. The molecule has 0 aliphatic carbocycles. The molecule has 142 valence electrons. The monoisotopic (exact) mass is 410 g/mol. The van der Waals surface area contributed by atoms with Gasteiger partial charge in [-0.05, 0) is 60.8 Å². The van der Waals surface area contributed by atoms with Crippen LogP contribution in [0.3, 0.4) is 0 Å². The predicted octanol–water partition coefficient (Wildman–Crippen LogP) is 6.04. The van der Waals surface area contributed by atoms with Gasteiger partial charge in [-0.25, -0.2) is 5.01 Å². The highest BCUT2D eigenvalue weighted by Crippen LogP contribution is 2.48. The van der Waals surface area contributed by atoms with Crippen molar-refractivity contribution in [3.63, 3.8) is 0 Å². The molecule has 5 rings (SSSR count). The van der Waals surface area contributed by atoms with Gasteiger partial charge in [0.15, 0.2) is 0 Å². The maximum Gasteiger partial charge on any atom is 0.213 e. The molecule has 3 aromatic rings. The smallest absolute Gasteiger partial charge is 0.213 e. The van der Waals surface area contributed by atoms with Crippen molar-refractivity contribution < 1.29 is 9.47 Å². The van der Waals surface area contributed by atoms with Gasteiger partial charge in [0.25, 0.3) is 0 Å². The number of hydrogen-bond donors (Lipinski definition) is 0. The quantitative estimate of drug-likeness (QED) is 0.525. The van der Waals surface area contributed by atoms with E-state index in [1.807, 2.05) is 49.4 Å². The number of benzene rings is 2. The third kappa shape index (κ3) is 3.05. The first-order valence-corrected chi connectivity index (χ1v) is 10.6. The third-order valence-corrected chi connectivity index (χ3v) is 6.19. The van der Waals surface area contributed by atoms with Crippen LogP contribution in [0.25, 0.3) is 0 Å². The maximum absolute atomic E-state index is 6.38. The molecular formula is C22H19ClN2O2S. The highest BCUT2D eigenvalue weighted by Gasteiger charge is 2.41. The topological polar surface area (TPSA) is 34.1 Å². The van der Waals surface area contributed by atoms with Crippen LogP contribution in [0.2, 0.25) is 5.02 Å². The lowest BCUT2D eigenvalue weighted by Gasteiger charge is -2.38. The van der Waals surface area contributed by atoms with Crippen molar-refractivity contribution in [2.24, 2.45) is 5.10 Å². The number of fused-ring (bicyclic) bond motifs is 3. The van der Waals surface area contributed by atoms with E-state index < -0.39 is 0 Å². The SMILES string of the molecule is CCOc1ccc([C@@H]2Oc3ccc(Cl)cc3[C@@H]3CC(c4cccs4)=NN32)cc1. The van der Waals surface area contributed by atoms with Crippen molar-refractivity contribution in [2.75, 3.05) is 6.61 Å². The van der Waals surface area contributed by atoms with E-state index in [2.05, 4.69) is 22.5 Å². The van der Waals surface area contributed by atoms with Crippen molar-refractivity contribution in [1.29, 1.82) is 0 Å². The van der Waals surface area contributed by atoms with Crippen molar-refractivity contribution in [3.05, 3.63) is 81.0 Å². The molecule has 0 N–H and O–H groups in total. The minimum absolute atomic E-state index is 0.108. The second-order valence-corrected chi connectivity index (χ2v) is 8.16. The Labute approximate surface area is 173 Å². The number of halogens is 1. The summed E-state index contributed by atoms with van der Waals surface area (Å²) in [7, 11) is 0. The van der Waals surface area contributed by atoms with Gasteiger partial charge in [-0.2, -0.15) is 5.10 Å². The van der Waals surface area contributed by atoms with Crippen LogP contribution in [-0.2, 0) is 0 Å². The van der Waals surface area contributed by atoms with Gasteiger partial charge in [0, 0.05) is 22.6 Å². The molecule has 0 amide bonds. The molecule has 0 spiro atoms. The fraction of sp³-hybridized carbons (Fsp3) is 0.227. The number of hydrazone groups is 1. The highest BCUT2D eigenvalue weighted by atomic mass is 35.5. The van der Waals surface area contributed by atoms with E-state index in [1.165, 1.54) is 4.88 Å². The predicted molar refractivity (Wildman–Crippen MR) is 112 cm³/mol. The largest absolute Gasteiger partial charge is 0.494 e. The summed E-state index contributed by atoms with van der Waals surface area (Å²) in [4.78, 5) is 1.20. The van der Waals surface area contributed by atoms with Crippen LogP contribution in [0.5, 0.6) is 11.5 Å². The van der Waals surface area contributed by atoms with Crippen molar-refractivity contribution in [1.82, 2.24) is 5.01 Å². The van der Waals surface area contributed by atoms with Gasteiger partial charge in [-0.15, -0.1) is 11.3 Å². The van der Waals surface area contributed by atoms with Gasteiger partial charge >= 0.3 is 0 Å². The fourth-order valence-electron chi connectivity index (χ4n) is 3.76. The molecule has 0 fully saturated rings. The van der Waals surface area contributed by atoms with Crippen LogP contribution >= 0.6 is 22.9 Å². The summed E-state index contributed by atoms with van der Waals surface area (Å²) in [6.45, 7) is 2.63. The zero-order valence-corrected chi connectivity index (χ0v) is 16.9. The first kappa shape index (κ1) is 17.6. The Morgan fingerprint density at radius 2 is 2.07 bits per heavy atom. The second-order valence-electron chi connectivity index (χ2n) is 6.78. The average Bonchev–Trinajstić information content (AvgIpc) is 3.38. The average molecular weight is 411 g/mol. The Balaban J connectivity index is 1.55. The fourth-order valence-corrected chi connectivity index (χ4v) is 4.67. The molecule has 0 bridgehead atoms. The summed E-state index contributed by atoms with van der Waals surface area (Å²) in [6, 6.07) is 18.2. The zero-order chi connectivity index (χ0) is 19.1. The van der Waals surface area contributed by atoms with Gasteiger partial charge < -0.3 is 9.47 Å². The Morgan fingerprint density at radius 3 is 2.82 bits per heavy atom. The number of hydrogen-bond acceptors (Lipinski definition) is 5. The van der Waals surface area contributed by atoms with Crippen LogP contribution < -0.4 is 9.47 Å². The number of rotatable bonds is 4. The van der Waals surface area contributed by atoms with E-state index in [4.69, 9.17) is 26.2 Å². The summed E-state index contributed by atoms with van der Waals surface area (Å²) in [6.07, 6.45) is 0.553. The summed E-state index contributed by atoms with van der Waals surface area (Å²) >= 11 is 7.99. The Morgan fingerprint density at radius 1 is 1.21 bits per heavy atom. The van der Waals surface area contributed by atoms with Gasteiger partial charge in [-0.3, -0.25) is 0 Å².